The van der Waals surface area contributed by atoms with Gasteiger partial charge in [0.2, 0.25) is 0 Å². The summed E-state index contributed by atoms with van der Waals surface area (Å²) in [6.45, 7) is 5.85. The zero-order valence-corrected chi connectivity index (χ0v) is 15.4. The molecule has 2 aromatic carbocycles. The lowest BCUT2D eigenvalue weighted by Gasteiger charge is -2.15. The minimum absolute atomic E-state index is 0.706. The number of fused-ring (bicyclic) bond motifs is 1. The van der Waals surface area contributed by atoms with E-state index >= 15 is 0 Å². The molecule has 0 fully saturated rings. The van der Waals surface area contributed by atoms with E-state index in [1.807, 2.05) is 69.3 Å². The number of hydrogen-bond donors (Lipinski definition) is 1. The summed E-state index contributed by atoms with van der Waals surface area (Å²) >= 11 is 0. The fourth-order valence-electron chi connectivity index (χ4n) is 2.85. The van der Waals surface area contributed by atoms with Crippen molar-refractivity contribution in [2.24, 2.45) is 0 Å². The van der Waals surface area contributed by atoms with Crippen LogP contribution in [0, 0.1) is 26.8 Å². The van der Waals surface area contributed by atoms with Crippen LogP contribution >= 0.6 is 0 Å². The zero-order valence-electron chi connectivity index (χ0n) is 15.4. The normalized spacial score (nSPS) is 10.8. The molecule has 0 bridgehead atoms. The van der Waals surface area contributed by atoms with E-state index in [-0.39, 0.29) is 0 Å². The summed E-state index contributed by atoms with van der Waals surface area (Å²) in [6, 6.07) is 18.7. The number of hydrogen-bond acceptors (Lipinski definition) is 5. The van der Waals surface area contributed by atoms with Crippen LogP contribution in [0.3, 0.4) is 0 Å². The molecule has 0 spiro atoms. The Morgan fingerprint density at radius 1 is 0.963 bits per heavy atom. The first-order valence-electron chi connectivity index (χ1n) is 8.72. The Bertz CT molecular complexity index is 1110. The number of nitrogens with one attached hydrogen (secondary N) is 1. The Hall–Kier alpha value is -3.47. The van der Waals surface area contributed by atoms with Crippen molar-refractivity contribution in [2.45, 2.75) is 20.8 Å². The highest BCUT2D eigenvalue weighted by Crippen LogP contribution is 2.32. The monoisotopic (exact) mass is 355 g/mol. The molecule has 5 nitrogen and oxygen atoms in total. The van der Waals surface area contributed by atoms with E-state index in [4.69, 9.17) is 4.74 Å². The average molecular weight is 355 g/mol. The van der Waals surface area contributed by atoms with Crippen LogP contribution in [0.2, 0.25) is 0 Å². The fourth-order valence-corrected chi connectivity index (χ4v) is 2.85. The van der Waals surface area contributed by atoms with E-state index < -0.39 is 0 Å². The van der Waals surface area contributed by atoms with Gasteiger partial charge in [0.25, 0.3) is 0 Å². The zero-order chi connectivity index (χ0) is 18.8. The molecular formula is C22H19N4O. The van der Waals surface area contributed by atoms with Gasteiger partial charge in [0.1, 0.15) is 23.1 Å². The van der Waals surface area contributed by atoms with Gasteiger partial charge in [-0.1, -0.05) is 18.2 Å². The van der Waals surface area contributed by atoms with E-state index in [1.165, 1.54) is 0 Å². The lowest BCUT2D eigenvalue weighted by molar-refractivity contribution is 0.476. The first-order valence-corrected chi connectivity index (χ1v) is 8.72. The van der Waals surface area contributed by atoms with Gasteiger partial charge in [0, 0.05) is 16.9 Å². The smallest absolute Gasteiger partial charge is 0.145 e. The van der Waals surface area contributed by atoms with Gasteiger partial charge in [0.05, 0.1) is 17.1 Å². The van der Waals surface area contributed by atoms with Crippen LogP contribution in [0.5, 0.6) is 11.5 Å². The third-order valence-electron chi connectivity index (χ3n) is 4.28. The molecule has 0 saturated heterocycles. The standard InChI is InChI=1S/C22H19N4O/c1-14-11-12-17(13-23-14)27-21-10-6-9-19(15(21)2)26-22-18-7-4-5-8-20(18)24-16(3)25-22/h4-6,8-13H,1-3H3,(H,24,25,26). The van der Waals surface area contributed by atoms with Crippen LogP contribution in [-0.2, 0) is 0 Å². The van der Waals surface area contributed by atoms with Gasteiger partial charge in [-0.05, 0) is 57.2 Å². The third-order valence-corrected chi connectivity index (χ3v) is 4.28. The SMILES string of the molecule is Cc1ccc(Oc2cccc(Nc3nc(C)nc4ccc[c]c34)c2C)cn1. The van der Waals surface area contributed by atoms with Crippen molar-refractivity contribution in [2.75, 3.05) is 5.32 Å². The molecule has 0 saturated carbocycles. The summed E-state index contributed by atoms with van der Waals surface area (Å²) in [7, 11) is 0. The maximum Gasteiger partial charge on any atom is 0.145 e. The van der Waals surface area contributed by atoms with Crippen molar-refractivity contribution in [1.82, 2.24) is 15.0 Å². The molecule has 1 radical (unpaired) electrons. The molecule has 4 rings (SSSR count). The van der Waals surface area contributed by atoms with Gasteiger partial charge >= 0.3 is 0 Å². The predicted molar refractivity (Wildman–Crippen MR) is 107 cm³/mol. The number of benzene rings is 2. The van der Waals surface area contributed by atoms with Gasteiger partial charge in [-0.2, -0.15) is 0 Å². The maximum atomic E-state index is 6.01. The van der Waals surface area contributed by atoms with Crippen LogP contribution in [0.25, 0.3) is 10.9 Å². The average Bonchev–Trinajstić information content (AvgIpc) is 2.66. The summed E-state index contributed by atoms with van der Waals surface area (Å²) < 4.78 is 6.01. The highest BCUT2D eigenvalue weighted by molar-refractivity contribution is 5.90. The summed E-state index contributed by atoms with van der Waals surface area (Å²) in [4.78, 5) is 13.3. The van der Waals surface area contributed by atoms with E-state index in [2.05, 4.69) is 26.3 Å². The van der Waals surface area contributed by atoms with Crippen molar-refractivity contribution >= 4 is 22.4 Å². The Balaban J connectivity index is 1.68. The molecule has 27 heavy (non-hydrogen) atoms. The van der Waals surface area contributed by atoms with E-state index in [9.17, 15) is 0 Å². The molecule has 1 N–H and O–H groups in total. The largest absolute Gasteiger partial charge is 0.455 e. The van der Waals surface area contributed by atoms with Gasteiger partial charge in [-0.25, -0.2) is 9.97 Å². The molecule has 0 atom stereocenters. The summed E-state index contributed by atoms with van der Waals surface area (Å²) in [6.07, 6.45) is 1.73. The molecule has 133 valence electrons. The maximum absolute atomic E-state index is 6.01. The lowest BCUT2D eigenvalue weighted by Crippen LogP contribution is -2.01. The first-order chi connectivity index (χ1) is 13.1. The molecule has 0 unspecified atom stereocenters. The number of aryl methyl sites for hydroxylation is 2. The van der Waals surface area contributed by atoms with Crippen molar-refractivity contribution in [1.29, 1.82) is 0 Å². The Morgan fingerprint density at radius 2 is 1.85 bits per heavy atom. The molecule has 0 amide bonds. The summed E-state index contributed by atoms with van der Waals surface area (Å²) in [5.74, 6) is 2.91. The van der Waals surface area contributed by atoms with Gasteiger partial charge in [0.15, 0.2) is 0 Å². The van der Waals surface area contributed by atoms with Crippen LogP contribution in [0.15, 0.2) is 54.7 Å². The third kappa shape index (κ3) is 3.58. The second-order valence-corrected chi connectivity index (χ2v) is 6.34. The molecular weight excluding hydrogens is 336 g/mol. The predicted octanol–water partition coefficient (Wildman–Crippen LogP) is 5.29. The molecule has 5 heteroatoms. The molecule has 0 aliphatic carbocycles. The number of pyridine rings is 1. The summed E-state index contributed by atoms with van der Waals surface area (Å²) in [5, 5.41) is 4.27. The first kappa shape index (κ1) is 17.0. The van der Waals surface area contributed by atoms with Crippen molar-refractivity contribution < 1.29 is 4.74 Å². The molecule has 0 aliphatic rings. The number of anilines is 2. The Labute approximate surface area is 158 Å². The number of ether oxygens (including phenoxy) is 1. The second kappa shape index (κ2) is 7.03. The van der Waals surface area contributed by atoms with E-state index in [0.29, 0.717) is 11.6 Å². The minimum atomic E-state index is 0.706. The topological polar surface area (TPSA) is 59.9 Å². The van der Waals surface area contributed by atoms with Gasteiger partial charge in [-0.15, -0.1) is 0 Å². The van der Waals surface area contributed by atoms with Gasteiger partial charge < -0.3 is 10.1 Å². The van der Waals surface area contributed by atoms with Crippen LogP contribution in [-0.4, -0.2) is 15.0 Å². The molecule has 4 aromatic rings. The number of rotatable bonds is 4. The second-order valence-electron chi connectivity index (χ2n) is 6.34. The quantitative estimate of drug-likeness (QED) is 0.539. The molecule has 2 aromatic heterocycles. The Kier molecular flexibility index (Phi) is 4.42. The van der Waals surface area contributed by atoms with Crippen LogP contribution in [0.1, 0.15) is 17.1 Å². The van der Waals surface area contributed by atoms with E-state index in [0.717, 1.165) is 39.4 Å². The highest BCUT2D eigenvalue weighted by atomic mass is 16.5. The van der Waals surface area contributed by atoms with Crippen molar-refractivity contribution in [3.05, 3.63) is 77.9 Å². The highest BCUT2D eigenvalue weighted by Gasteiger charge is 2.10. The van der Waals surface area contributed by atoms with Crippen LogP contribution < -0.4 is 10.1 Å². The minimum Gasteiger partial charge on any atom is -0.455 e. The lowest BCUT2D eigenvalue weighted by atomic mass is 10.1. The molecule has 0 aliphatic heterocycles. The van der Waals surface area contributed by atoms with Crippen LogP contribution in [0.4, 0.5) is 11.5 Å². The van der Waals surface area contributed by atoms with E-state index in [1.54, 1.807) is 6.20 Å². The fraction of sp³-hybridized carbons (Fsp3) is 0.136. The van der Waals surface area contributed by atoms with Gasteiger partial charge in [-0.3, -0.25) is 4.98 Å². The summed E-state index contributed by atoms with van der Waals surface area (Å²) in [5.41, 5.74) is 3.72. The Morgan fingerprint density at radius 3 is 2.67 bits per heavy atom. The van der Waals surface area contributed by atoms with Crippen molar-refractivity contribution in [3.63, 3.8) is 0 Å². The number of nitrogens with zero attached hydrogens (tertiary/aromatic N) is 3. The molecule has 2 heterocycles. The van der Waals surface area contributed by atoms with Crippen molar-refractivity contribution in [3.8, 4) is 11.5 Å². The number of aromatic nitrogens is 3.